The van der Waals surface area contributed by atoms with Crippen molar-refractivity contribution in [2.45, 2.75) is 142 Å². The zero-order valence-electron chi connectivity index (χ0n) is 31.0. The highest BCUT2D eigenvalue weighted by Crippen LogP contribution is 2.72. The number of halogens is 1. The van der Waals surface area contributed by atoms with Crippen LogP contribution in [0, 0.1) is 40.4 Å². The van der Waals surface area contributed by atoms with Crippen LogP contribution in [0.15, 0.2) is 23.8 Å². The van der Waals surface area contributed by atoms with Crippen LogP contribution in [0.3, 0.4) is 0 Å². The molecule has 0 radical (unpaired) electrons. The number of hydrogen-bond donors (Lipinski definition) is 3. The fourth-order valence-corrected chi connectivity index (χ4v) is 10.5. The van der Waals surface area contributed by atoms with Gasteiger partial charge >= 0.3 is 5.97 Å². The van der Waals surface area contributed by atoms with Crippen LogP contribution in [0.1, 0.15) is 100 Å². The van der Waals surface area contributed by atoms with Gasteiger partial charge in [-0.15, -0.1) is 0 Å². The number of allylic oxidation sites excluding steroid dienone is 4. The van der Waals surface area contributed by atoms with E-state index >= 15 is 4.39 Å². The molecule has 0 aromatic carbocycles. The third kappa shape index (κ3) is 6.16. The molecule has 4 fully saturated rings. The zero-order valence-corrected chi connectivity index (χ0v) is 31.0. The monoisotopic (exact) mass is 703 g/mol. The first kappa shape index (κ1) is 38.9. The van der Waals surface area contributed by atoms with Crippen molar-refractivity contribution in [3.63, 3.8) is 0 Å². The van der Waals surface area contributed by atoms with E-state index in [-0.39, 0.29) is 42.3 Å². The van der Waals surface area contributed by atoms with E-state index in [0.29, 0.717) is 31.3 Å². The van der Waals surface area contributed by atoms with Gasteiger partial charge in [0.1, 0.15) is 0 Å². The summed E-state index contributed by atoms with van der Waals surface area (Å²) in [6.45, 7) is 14.2. The molecule has 0 aromatic heterocycles. The summed E-state index contributed by atoms with van der Waals surface area (Å²) in [4.78, 5) is 53.7. The van der Waals surface area contributed by atoms with Crippen LogP contribution >= 0.6 is 0 Å². The molecule has 5 aliphatic rings. The predicted molar refractivity (Wildman–Crippen MR) is 183 cm³/mol. The SMILES string of the molecule is CCCC1O[C@@H]2C[C@H]3[C@@H]4C[C@H](C)C5=CC(=O)C=C[C@]5(C)[C@@]4(F)[C@@H](O)C[C@]3(C)[C@]2(C(=O)COC(=O)[C@@H](CC(=O)[C@H](CO)NC(C)C)CC(C)C)O1. The molecule has 0 bridgehead atoms. The lowest BCUT2D eigenvalue weighted by molar-refractivity contribution is -0.234. The highest BCUT2D eigenvalue weighted by Gasteiger charge is 2.79. The lowest BCUT2D eigenvalue weighted by Gasteiger charge is -2.63. The van der Waals surface area contributed by atoms with Gasteiger partial charge < -0.3 is 29.7 Å². The lowest BCUT2D eigenvalue weighted by Crippen LogP contribution is -2.70. The first-order valence-electron chi connectivity index (χ1n) is 18.6. The van der Waals surface area contributed by atoms with Crippen molar-refractivity contribution in [2.24, 2.45) is 40.4 Å². The van der Waals surface area contributed by atoms with Gasteiger partial charge in [0.05, 0.1) is 30.8 Å². The maximum absolute atomic E-state index is 17.9. The Morgan fingerprint density at radius 2 is 1.84 bits per heavy atom. The number of aliphatic hydroxyl groups is 2. The van der Waals surface area contributed by atoms with Crippen molar-refractivity contribution in [1.82, 2.24) is 5.32 Å². The summed E-state index contributed by atoms with van der Waals surface area (Å²) in [6, 6.07) is -0.879. The summed E-state index contributed by atoms with van der Waals surface area (Å²) in [5.74, 6) is -3.67. The molecule has 1 aliphatic heterocycles. The summed E-state index contributed by atoms with van der Waals surface area (Å²) >= 11 is 0. The van der Waals surface area contributed by atoms with Gasteiger partial charge in [0.15, 0.2) is 35.7 Å². The minimum absolute atomic E-state index is 0.0532. The van der Waals surface area contributed by atoms with Crippen LogP contribution in [0.4, 0.5) is 4.39 Å². The van der Waals surface area contributed by atoms with Crippen molar-refractivity contribution in [2.75, 3.05) is 13.2 Å². The van der Waals surface area contributed by atoms with Crippen LogP contribution in [-0.2, 0) is 33.4 Å². The van der Waals surface area contributed by atoms with Gasteiger partial charge in [0, 0.05) is 29.2 Å². The minimum Gasteiger partial charge on any atom is -0.457 e. The maximum atomic E-state index is 17.9. The number of hydrogen-bond acceptors (Lipinski definition) is 10. The molecule has 3 saturated carbocycles. The Kier molecular flexibility index (Phi) is 11.1. The van der Waals surface area contributed by atoms with E-state index < -0.39 is 89.4 Å². The van der Waals surface area contributed by atoms with Gasteiger partial charge in [0.2, 0.25) is 5.78 Å². The molecule has 5 rings (SSSR count). The number of ether oxygens (including phenoxy) is 3. The van der Waals surface area contributed by atoms with Gasteiger partial charge in [-0.3, -0.25) is 19.2 Å². The number of ketones is 3. The second kappa shape index (κ2) is 14.3. The molecular weight excluding hydrogens is 645 g/mol. The average Bonchev–Trinajstić information content (AvgIpc) is 3.52. The zero-order chi connectivity index (χ0) is 37.0. The van der Waals surface area contributed by atoms with Gasteiger partial charge in [-0.1, -0.05) is 66.5 Å². The summed E-state index contributed by atoms with van der Waals surface area (Å²) in [6.07, 6.45) is 3.70. The van der Waals surface area contributed by atoms with E-state index in [1.54, 1.807) is 13.0 Å². The van der Waals surface area contributed by atoms with Crippen LogP contribution in [0.25, 0.3) is 0 Å². The highest BCUT2D eigenvalue weighted by molar-refractivity contribution is 6.01. The molecule has 1 saturated heterocycles. The summed E-state index contributed by atoms with van der Waals surface area (Å²) in [7, 11) is 0. The Balaban J connectivity index is 1.43. The number of carbonyl (C=O) groups excluding carboxylic acids is 4. The normalized spacial score (nSPS) is 40.1. The van der Waals surface area contributed by atoms with Gasteiger partial charge in [-0.2, -0.15) is 0 Å². The number of nitrogens with one attached hydrogen (secondary N) is 1. The molecule has 280 valence electrons. The first-order valence-corrected chi connectivity index (χ1v) is 18.6. The van der Waals surface area contributed by atoms with E-state index in [1.807, 2.05) is 48.5 Å². The summed E-state index contributed by atoms with van der Waals surface area (Å²) in [5, 5.41) is 24.8. The van der Waals surface area contributed by atoms with E-state index in [0.717, 1.165) is 6.42 Å². The number of carbonyl (C=O) groups is 4. The van der Waals surface area contributed by atoms with Crippen molar-refractivity contribution in [1.29, 1.82) is 0 Å². The molecule has 1 heterocycles. The van der Waals surface area contributed by atoms with Crippen molar-refractivity contribution >= 4 is 23.3 Å². The molecule has 0 aromatic rings. The summed E-state index contributed by atoms with van der Waals surface area (Å²) < 4.78 is 36.7. The Hall–Kier alpha value is -2.31. The lowest BCUT2D eigenvalue weighted by atomic mass is 9.43. The fraction of sp³-hybridized carbons (Fsp3) is 0.795. The number of esters is 1. The molecule has 10 nitrogen and oxygen atoms in total. The van der Waals surface area contributed by atoms with Crippen molar-refractivity contribution < 1.29 is 48.0 Å². The fourth-order valence-electron chi connectivity index (χ4n) is 10.5. The van der Waals surface area contributed by atoms with Crippen molar-refractivity contribution in [3.8, 4) is 0 Å². The minimum atomic E-state index is -2.10. The molecule has 50 heavy (non-hydrogen) atoms. The van der Waals surface area contributed by atoms with Gasteiger partial charge in [-0.25, -0.2) is 4.39 Å². The predicted octanol–water partition coefficient (Wildman–Crippen LogP) is 4.59. The van der Waals surface area contributed by atoms with Crippen LogP contribution in [-0.4, -0.2) is 88.6 Å². The quantitative estimate of drug-likeness (QED) is 0.220. The van der Waals surface area contributed by atoms with E-state index in [4.69, 9.17) is 14.2 Å². The van der Waals surface area contributed by atoms with Gasteiger partial charge in [-0.05, 0) is 68.9 Å². The molecule has 12 atom stereocenters. The van der Waals surface area contributed by atoms with Crippen LogP contribution in [0.2, 0.25) is 0 Å². The molecule has 1 unspecified atom stereocenters. The van der Waals surface area contributed by atoms with E-state index in [2.05, 4.69) is 5.32 Å². The van der Waals surface area contributed by atoms with Gasteiger partial charge in [0.25, 0.3) is 0 Å². The van der Waals surface area contributed by atoms with E-state index in [9.17, 15) is 29.4 Å². The smallest absolute Gasteiger partial charge is 0.309 e. The molecule has 0 spiro atoms. The molecule has 0 amide bonds. The molecular formula is C39H58FNO9. The third-order valence-corrected chi connectivity index (χ3v) is 12.7. The molecule has 3 N–H and O–H groups in total. The number of fused-ring (bicyclic) bond motifs is 7. The first-order chi connectivity index (χ1) is 23.4. The second-order valence-corrected chi connectivity index (χ2v) is 16.8. The van der Waals surface area contributed by atoms with Crippen LogP contribution in [0.5, 0.6) is 0 Å². The number of rotatable bonds is 14. The number of aliphatic hydroxyl groups excluding tert-OH is 2. The average molecular weight is 704 g/mol. The Morgan fingerprint density at radius 1 is 1.14 bits per heavy atom. The van der Waals surface area contributed by atoms with Crippen molar-refractivity contribution in [3.05, 3.63) is 23.8 Å². The topological polar surface area (TPSA) is 148 Å². The third-order valence-electron chi connectivity index (χ3n) is 12.7. The van der Waals surface area contributed by atoms with Crippen LogP contribution < -0.4 is 5.32 Å². The standard InChI is InChI=1S/C39H58FNO9/c1-9-10-34-49-33-17-27-28-14-23(6)26-16-25(43)11-12-36(26,7)38(28,40)31(45)18-37(27,8)39(33,50-34)32(46)20-48-35(47)24(13-21(2)3)15-30(44)29(19-42)41-22(4)5/h11-12,16,21-24,27-29,31,33-34,41-42,45H,9-10,13-15,17-20H2,1-8H3/t23-,24+,27-,28-,29-,31-,33+,34?,36-,37-,38-,39+/m0/s1. The second-order valence-electron chi connectivity index (χ2n) is 16.8. The Labute approximate surface area is 295 Å². The number of Topliss-reactive ketones (excluding diaryl/α,β-unsaturated/α-hetero) is 2. The largest absolute Gasteiger partial charge is 0.457 e. The maximum Gasteiger partial charge on any atom is 0.309 e. The summed E-state index contributed by atoms with van der Waals surface area (Å²) in [5.41, 5.74) is -5.27. The molecule has 11 heteroatoms. The van der Waals surface area contributed by atoms with E-state index in [1.165, 1.54) is 12.2 Å². The highest BCUT2D eigenvalue weighted by atomic mass is 19.1. The Bertz CT molecular complexity index is 1410. The Morgan fingerprint density at radius 3 is 2.46 bits per heavy atom. The molecule has 4 aliphatic carbocycles. The number of alkyl halides is 1.